The van der Waals surface area contributed by atoms with Gasteiger partial charge in [-0.25, -0.2) is 4.79 Å². The number of hydrogen-bond acceptors (Lipinski definition) is 4. The third-order valence-corrected chi connectivity index (χ3v) is 3.32. The Kier molecular flexibility index (Phi) is 3.02. The highest BCUT2D eigenvalue weighted by molar-refractivity contribution is 5.84. The van der Waals surface area contributed by atoms with Gasteiger partial charge in [0, 0.05) is 5.56 Å². The number of benzene rings is 1. The quantitative estimate of drug-likeness (QED) is 0.924. The van der Waals surface area contributed by atoms with E-state index in [9.17, 15) is 4.79 Å². The lowest BCUT2D eigenvalue weighted by Gasteiger charge is -2.20. The van der Waals surface area contributed by atoms with Crippen LogP contribution in [0.15, 0.2) is 35.5 Å². The number of nitrogens with zero attached hydrogens (tertiary/aromatic N) is 1. The van der Waals surface area contributed by atoms with Crippen molar-refractivity contribution in [1.82, 2.24) is 4.98 Å². The number of oxazole rings is 1. The normalized spacial score (nSPS) is 13.9. The van der Waals surface area contributed by atoms with Crippen molar-refractivity contribution in [3.63, 3.8) is 0 Å². The Morgan fingerprint density at radius 3 is 3.00 bits per heavy atom. The second-order valence-electron chi connectivity index (χ2n) is 4.65. The minimum atomic E-state index is -1.15. The van der Waals surface area contributed by atoms with E-state index >= 15 is 0 Å². The summed E-state index contributed by atoms with van der Waals surface area (Å²) < 4.78 is 10.6. The van der Waals surface area contributed by atoms with Crippen LogP contribution in [0.4, 0.5) is 0 Å². The third-order valence-electron chi connectivity index (χ3n) is 3.32. The molecule has 20 heavy (non-hydrogen) atoms. The van der Waals surface area contributed by atoms with Crippen LogP contribution < -0.4 is 4.74 Å². The molecule has 5 nitrogen and oxygen atoms in total. The lowest BCUT2D eigenvalue weighted by molar-refractivity contribution is 0.0690. The summed E-state index contributed by atoms with van der Waals surface area (Å²) in [5.41, 5.74) is 3.09. The second kappa shape index (κ2) is 4.85. The van der Waals surface area contributed by atoms with Gasteiger partial charge in [-0.15, -0.1) is 0 Å². The fourth-order valence-corrected chi connectivity index (χ4v) is 2.36. The number of fused-ring (bicyclic) bond motifs is 1. The van der Waals surface area contributed by atoms with Crippen molar-refractivity contribution < 1.29 is 19.1 Å². The van der Waals surface area contributed by atoms with E-state index in [1.807, 2.05) is 18.2 Å². The lowest BCUT2D eigenvalue weighted by atomic mass is 9.88. The van der Waals surface area contributed by atoms with E-state index in [4.69, 9.17) is 14.3 Å². The van der Waals surface area contributed by atoms with Crippen LogP contribution >= 0.6 is 0 Å². The molecule has 0 saturated carbocycles. The van der Waals surface area contributed by atoms with Crippen LogP contribution in [-0.2, 0) is 6.42 Å². The summed E-state index contributed by atoms with van der Waals surface area (Å²) in [5.74, 6) is -0.505. The zero-order valence-electron chi connectivity index (χ0n) is 10.8. The molecule has 102 valence electrons. The van der Waals surface area contributed by atoms with Gasteiger partial charge in [-0.1, -0.05) is 18.7 Å². The van der Waals surface area contributed by atoms with Gasteiger partial charge in [0.1, 0.15) is 12.0 Å². The van der Waals surface area contributed by atoms with Gasteiger partial charge in [0.2, 0.25) is 0 Å². The van der Waals surface area contributed by atoms with Crippen LogP contribution in [0.2, 0.25) is 0 Å². The van der Waals surface area contributed by atoms with E-state index < -0.39 is 5.97 Å². The van der Waals surface area contributed by atoms with E-state index in [-0.39, 0.29) is 11.8 Å². The van der Waals surface area contributed by atoms with E-state index in [1.165, 1.54) is 0 Å². The molecule has 1 heterocycles. The molecular weight excluding hydrogens is 258 g/mol. The lowest BCUT2D eigenvalue weighted by Crippen LogP contribution is -2.03. The van der Waals surface area contributed by atoms with Crippen LogP contribution in [0.1, 0.15) is 34.5 Å². The molecule has 0 amide bonds. The molecule has 2 aromatic rings. The summed E-state index contributed by atoms with van der Waals surface area (Å²) in [6.07, 6.45) is 3.91. The molecule has 1 aliphatic carbocycles. The number of aromatic carboxylic acids is 1. The number of rotatable bonds is 3. The van der Waals surface area contributed by atoms with Gasteiger partial charge in [0.05, 0.1) is 0 Å². The molecule has 0 atom stereocenters. The SMILES string of the molecule is C=C1CCCc2c(Oc3nc(C(=O)O)co3)cccc21. The predicted molar refractivity (Wildman–Crippen MR) is 72.0 cm³/mol. The van der Waals surface area contributed by atoms with Gasteiger partial charge in [-0.2, -0.15) is 4.98 Å². The van der Waals surface area contributed by atoms with Crippen molar-refractivity contribution >= 4 is 11.5 Å². The van der Waals surface area contributed by atoms with Gasteiger partial charge >= 0.3 is 12.0 Å². The van der Waals surface area contributed by atoms with Gasteiger partial charge in [-0.05, 0) is 36.5 Å². The predicted octanol–water partition coefficient (Wildman–Crippen LogP) is 3.51. The molecule has 5 heteroatoms. The van der Waals surface area contributed by atoms with Crippen molar-refractivity contribution in [3.8, 4) is 11.8 Å². The molecule has 1 aliphatic rings. The Labute approximate surface area is 115 Å². The van der Waals surface area contributed by atoms with E-state index in [1.54, 1.807) is 0 Å². The average Bonchev–Trinajstić information content (AvgIpc) is 2.89. The number of ether oxygens (including phenoxy) is 1. The summed E-state index contributed by atoms with van der Waals surface area (Å²) in [5, 5.41) is 8.80. The summed E-state index contributed by atoms with van der Waals surface area (Å²) in [6, 6.07) is 5.72. The van der Waals surface area contributed by atoms with Gasteiger partial charge in [0.25, 0.3) is 0 Å². The Balaban J connectivity index is 1.92. The molecule has 0 radical (unpaired) electrons. The molecule has 0 fully saturated rings. The van der Waals surface area contributed by atoms with Crippen LogP contribution in [0, 0.1) is 0 Å². The Bertz CT molecular complexity index is 687. The topological polar surface area (TPSA) is 72.6 Å². The molecule has 3 rings (SSSR count). The van der Waals surface area contributed by atoms with Crippen molar-refractivity contribution in [2.24, 2.45) is 0 Å². The number of aromatic nitrogens is 1. The van der Waals surface area contributed by atoms with Crippen molar-refractivity contribution in [2.75, 3.05) is 0 Å². The van der Waals surface area contributed by atoms with E-state index in [0.717, 1.165) is 42.2 Å². The third kappa shape index (κ3) is 2.18. The zero-order chi connectivity index (χ0) is 14.1. The molecule has 0 spiro atoms. The van der Waals surface area contributed by atoms with Crippen LogP contribution in [0.5, 0.6) is 11.8 Å². The Morgan fingerprint density at radius 2 is 2.25 bits per heavy atom. The number of carboxylic acid groups (broad SMARTS) is 1. The minimum Gasteiger partial charge on any atom is -0.476 e. The minimum absolute atomic E-state index is 0.0630. The monoisotopic (exact) mass is 271 g/mol. The maximum Gasteiger partial charge on any atom is 0.399 e. The van der Waals surface area contributed by atoms with Crippen molar-refractivity contribution in [1.29, 1.82) is 0 Å². The molecule has 0 aliphatic heterocycles. The highest BCUT2D eigenvalue weighted by Gasteiger charge is 2.19. The second-order valence-corrected chi connectivity index (χ2v) is 4.65. The summed E-state index contributed by atoms with van der Waals surface area (Å²) in [4.78, 5) is 14.5. The molecule has 1 N–H and O–H groups in total. The Hall–Kier alpha value is -2.56. The largest absolute Gasteiger partial charge is 0.476 e. The van der Waals surface area contributed by atoms with Crippen LogP contribution in [0.25, 0.3) is 5.57 Å². The van der Waals surface area contributed by atoms with Gasteiger partial charge in [0.15, 0.2) is 5.69 Å². The van der Waals surface area contributed by atoms with Crippen molar-refractivity contribution in [2.45, 2.75) is 19.3 Å². The standard InChI is InChI=1S/C15H13NO4/c1-9-4-2-6-11-10(9)5-3-7-13(11)20-15-16-12(8-19-15)14(17)18/h3,5,7-8H,1-2,4,6H2,(H,17,18). The molecule has 0 saturated heterocycles. The summed E-state index contributed by atoms with van der Waals surface area (Å²) in [6.45, 7) is 4.06. The van der Waals surface area contributed by atoms with Gasteiger partial charge < -0.3 is 14.3 Å². The summed E-state index contributed by atoms with van der Waals surface area (Å²) in [7, 11) is 0. The van der Waals surface area contributed by atoms with E-state index in [0.29, 0.717) is 5.75 Å². The van der Waals surface area contributed by atoms with Crippen LogP contribution in [-0.4, -0.2) is 16.1 Å². The maximum atomic E-state index is 10.8. The highest BCUT2D eigenvalue weighted by atomic mass is 16.6. The fourth-order valence-electron chi connectivity index (χ4n) is 2.36. The first kappa shape index (κ1) is 12.5. The van der Waals surface area contributed by atoms with Gasteiger partial charge in [-0.3, -0.25) is 0 Å². The van der Waals surface area contributed by atoms with Crippen molar-refractivity contribution in [3.05, 3.63) is 47.9 Å². The molecule has 1 aromatic heterocycles. The molecule has 1 aromatic carbocycles. The Morgan fingerprint density at radius 1 is 1.40 bits per heavy atom. The fraction of sp³-hybridized carbons (Fsp3) is 0.200. The molecular formula is C15H13NO4. The molecule has 0 unspecified atom stereocenters. The first-order valence-electron chi connectivity index (χ1n) is 6.32. The zero-order valence-corrected chi connectivity index (χ0v) is 10.8. The first-order valence-corrected chi connectivity index (χ1v) is 6.32. The first-order chi connectivity index (χ1) is 9.65. The number of hydrogen-bond donors (Lipinski definition) is 1. The van der Waals surface area contributed by atoms with Crippen LogP contribution in [0.3, 0.4) is 0 Å². The number of carboxylic acids is 1. The highest BCUT2D eigenvalue weighted by Crippen LogP contribution is 2.36. The number of allylic oxidation sites excluding steroid dienone is 1. The smallest absolute Gasteiger partial charge is 0.399 e. The molecule has 0 bridgehead atoms. The van der Waals surface area contributed by atoms with E-state index in [2.05, 4.69) is 11.6 Å². The maximum absolute atomic E-state index is 10.8. The summed E-state index contributed by atoms with van der Waals surface area (Å²) >= 11 is 0. The average molecular weight is 271 g/mol. The number of carbonyl (C=O) groups is 1.